The summed E-state index contributed by atoms with van der Waals surface area (Å²) in [5.74, 6) is -0.655. The molecule has 0 unspecified atom stereocenters. The lowest BCUT2D eigenvalue weighted by molar-refractivity contribution is -0.384. The largest absolute Gasteiger partial charge is 0.394 e. The lowest BCUT2D eigenvalue weighted by atomic mass is 10.2. The van der Waals surface area contributed by atoms with Crippen LogP contribution in [-0.2, 0) is 13.1 Å². The summed E-state index contributed by atoms with van der Waals surface area (Å²) in [5, 5.41) is 26.5. The van der Waals surface area contributed by atoms with E-state index in [0.29, 0.717) is 13.1 Å². The number of nitrogens with zero attached hydrogens (tertiary/aromatic N) is 3. The predicted molar refractivity (Wildman–Crippen MR) is 69.7 cm³/mol. The Kier molecular flexibility index (Phi) is 4.26. The third-order valence-corrected chi connectivity index (χ3v) is 2.66. The molecule has 2 rings (SSSR count). The second kappa shape index (κ2) is 6.11. The van der Waals surface area contributed by atoms with E-state index >= 15 is 0 Å². The number of benzene rings is 1. The number of aliphatic hydroxyl groups is 1. The molecule has 7 nitrogen and oxygen atoms in total. The molecule has 2 N–H and O–H groups in total. The first-order valence-electron chi connectivity index (χ1n) is 5.90. The van der Waals surface area contributed by atoms with Gasteiger partial charge in [0.15, 0.2) is 0 Å². The highest BCUT2D eigenvalue weighted by Crippen LogP contribution is 2.25. The third kappa shape index (κ3) is 3.29. The first-order chi connectivity index (χ1) is 9.60. The number of rotatable bonds is 6. The van der Waals surface area contributed by atoms with Gasteiger partial charge in [0.25, 0.3) is 5.69 Å². The molecule has 8 heteroatoms. The Bertz CT molecular complexity index is 614. The summed E-state index contributed by atoms with van der Waals surface area (Å²) < 4.78 is 14.6. The molecular weight excluding hydrogens is 267 g/mol. The van der Waals surface area contributed by atoms with Crippen molar-refractivity contribution in [3.63, 3.8) is 0 Å². The van der Waals surface area contributed by atoms with Gasteiger partial charge in [-0.1, -0.05) is 0 Å². The highest BCUT2D eigenvalue weighted by Gasteiger charge is 2.14. The molecule has 0 fully saturated rings. The molecule has 0 amide bonds. The van der Waals surface area contributed by atoms with Gasteiger partial charge in [0.1, 0.15) is 11.5 Å². The van der Waals surface area contributed by atoms with Crippen LogP contribution < -0.4 is 5.32 Å². The molecule has 1 heterocycles. The second-order valence-corrected chi connectivity index (χ2v) is 4.11. The van der Waals surface area contributed by atoms with Gasteiger partial charge < -0.3 is 10.4 Å². The Morgan fingerprint density at radius 3 is 3.00 bits per heavy atom. The number of aromatic nitrogens is 2. The van der Waals surface area contributed by atoms with Crippen LogP contribution in [0.15, 0.2) is 30.6 Å². The van der Waals surface area contributed by atoms with Crippen LogP contribution in [0.25, 0.3) is 0 Å². The summed E-state index contributed by atoms with van der Waals surface area (Å²) in [6.07, 6.45) is 3.32. The van der Waals surface area contributed by atoms with Crippen LogP contribution in [-0.4, -0.2) is 26.4 Å². The number of halogens is 1. The number of nitro benzene ring substituents is 1. The van der Waals surface area contributed by atoms with Crippen molar-refractivity contribution in [2.75, 3.05) is 11.9 Å². The Morgan fingerprint density at radius 1 is 1.50 bits per heavy atom. The summed E-state index contributed by atoms with van der Waals surface area (Å²) in [6, 6.07) is 3.35. The van der Waals surface area contributed by atoms with Crippen molar-refractivity contribution in [2.45, 2.75) is 13.1 Å². The topological polar surface area (TPSA) is 93.2 Å². The number of nitrogens with one attached hydrogen (secondary N) is 1. The van der Waals surface area contributed by atoms with E-state index in [1.54, 1.807) is 17.1 Å². The Labute approximate surface area is 113 Å². The van der Waals surface area contributed by atoms with Crippen LogP contribution >= 0.6 is 0 Å². The molecule has 0 radical (unpaired) electrons. The first-order valence-corrected chi connectivity index (χ1v) is 5.90. The van der Waals surface area contributed by atoms with E-state index in [0.717, 1.165) is 17.7 Å². The molecule has 0 aliphatic rings. The summed E-state index contributed by atoms with van der Waals surface area (Å²) in [4.78, 5) is 10.2. The average molecular weight is 280 g/mol. The van der Waals surface area contributed by atoms with E-state index in [-0.39, 0.29) is 18.0 Å². The lowest BCUT2D eigenvalue weighted by Crippen LogP contribution is -2.03. The van der Waals surface area contributed by atoms with Crippen molar-refractivity contribution in [1.29, 1.82) is 0 Å². The van der Waals surface area contributed by atoms with E-state index in [2.05, 4.69) is 10.4 Å². The fourth-order valence-electron chi connectivity index (χ4n) is 1.73. The Balaban J connectivity index is 2.08. The van der Waals surface area contributed by atoms with Crippen LogP contribution in [0, 0.1) is 15.9 Å². The Morgan fingerprint density at radius 2 is 2.30 bits per heavy atom. The summed E-state index contributed by atoms with van der Waals surface area (Å²) in [6.45, 7) is 0.687. The van der Waals surface area contributed by atoms with Crippen LogP contribution in [0.1, 0.15) is 5.56 Å². The first kappa shape index (κ1) is 13.9. The standard InChI is InChI=1S/C12H13FN4O3/c13-10-1-2-11(12(5-10)17(19)20)14-6-9-7-15-16(8-9)3-4-18/h1-2,5,7-8,14,18H,3-4,6H2. The molecular formula is C12H13FN4O3. The van der Waals surface area contributed by atoms with Gasteiger partial charge in [-0.25, -0.2) is 4.39 Å². The quantitative estimate of drug-likeness (QED) is 0.618. The van der Waals surface area contributed by atoms with Crippen LogP contribution in [0.4, 0.5) is 15.8 Å². The number of anilines is 1. The molecule has 0 atom stereocenters. The maximum atomic E-state index is 13.0. The van der Waals surface area contributed by atoms with Crippen molar-refractivity contribution in [3.05, 3.63) is 52.1 Å². The van der Waals surface area contributed by atoms with E-state index in [9.17, 15) is 14.5 Å². The molecule has 20 heavy (non-hydrogen) atoms. The molecule has 0 bridgehead atoms. The maximum Gasteiger partial charge on any atom is 0.295 e. The SMILES string of the molecule is O=[N+]([O-])c1cc(F)ccc1NCc1cnn(CCO)c1. The fourth-order valence-corrected chi connectivity index (χ4v) is 1.73. The van der Waals surface area contributed by atoms with Gasteiger partial charge in [-0.15, -0.1) is 0 Å². The van der Waals surface area contributed by atoms with Crippen LogP contribution in [0.3, 0.4) is 0 Å². The van der Waals surface area contributed by atoms with Gasteiger partial charge in [-0.2, -0.15) is 5.10 Å². The van der Waals surface area contributed by atoms with Gasteiger partial charge in [-0.05, 0) is 12.1 Å². The molecule has 0 saturated carbocycles. The zero-order valence-electron chi connectivity index (χ0n) is 10.5. The van der Waals surface area contributed by atoms with E-state index in [1.165, 1.54) is 6.07 Å². The van der Waals surface area contributed by atoms with Crippen molar-refractivity contribution in [3.8, 4) is 0 Å². The minimum Gasteiger partial charge on any atom is -0.394 e. The number of hydrogen-bond acceptors (Lipinski definition) is 5. The molecule has 0 aliphatic heterocycles. The summed E-state index contributed by atoms with van der Waals surface area (Å²) >= 11 is 0. The second-order valence-electron chi connectivity index (χ2n) is 4.11. The average Bonchev–Trinajstić information content (AvgIpc) is 2.85. The molecule has 1 aromatic carbocycles. The monoisotopic (exact) mass is 280 g/mol. The van der Waals surface area contributed by atoms with Crippen molar-refractivity contribution in [1.82, 2.24) is 9.78 Å². The van der Waals surface area contributed by atoms with E-state index in [4.69, 9.17) is 5.11 Å². The van der Waals surface area contributed by atoms with Gasteiger partial charge >= 0.3 is 0 Å². The van der Waals surface area contributed by atoms with Crippen LogP contribution in [0.5, 0.6) is 0 Å². The van der Waals surface area contributed by atoms with Gasteiger partial charge in [-0.3, -0.25) is 14.8 Å². The molecule has 0 saturated heterocycles. The zero-order chi connectivity index (χ0) is 14.5. The van der Waals surface area contributed by atoms with E-state index in [1.807, 2.05) is 0 Å². The molecule has 0 aliphatic carbocycles. The van der Waals surface area contributed by atoms with Crippen molar-refractivity contribution in [2.24, 2.45) is 0 Å². The van der Waals surface area contributed by atoms with Crippen molar-refractivity contribution >= 4 is 11.4 Å². The fraction of sp³-hybridized carbons (Fsp3) is 0.250. The van der Waals surface area contributed by atoms with Gasteiger partial charge in [0.2, 0.25) is 0 Å². The predicted octanol–water partition coefficient (Wildman–Crippen LogP) is 1.53. The number of hydrogen-bond donors (Lipinski definition) is 2. The van der Waals surface area contributed by atoms with E-state index < -0.39 is 10.7 Å². The summed E-state index contributed by atoms with van der Waals surface area (Å²) in [7, 11) is 0. The highest BCUT2D eigenvalue weighted by molar-refractivity contribution is 5.61. The normalized spacial score (nSPS) is 10.5. The third-order valence-electron chi connectivity index (χ3n) is 2.66. The maximum absolute atomic E-state index is 13.0. The minimum atomic E-state index is -0.655. The molecule has 2 aromatic rings. The minimum absolute atomic E-state index is 0.0159. The molecule has 106 valence electrons. The van der Waals surface area contributed by atoms with Gasteiger partial charge in [0.05, 0.1) is 30.3 Å². The van der Waals surface area contributed by atoms with Crippen LogP contribution in [0.2, 0.25) is 0 Å². The highest BCUT2D eigenvalue weighted by atomic mass is 19.1. The molecule has 0 spiro atoms. The van der Waals surface area contributed by atoms with Crippen molar-refractivity contribution < 1.29 is 14.4 Å². The number of aliphatic hydroxyl groups excluding tert-OH is 1. The number of nitro groups is 1. The zero-order valence-corrected chi connectivity index (χ0v) is 10.5. The Hall–Kier alpha value is -2.48. The smallest absolute Gasteiger partial charge is 0.295 e. The lowest BCUT2D eigenvalue weighted by Gasteiger charge is -2.05. The molecule has 1 aromatic heterocycles. The summed E-state index contributed by atoms with van der Waals surface area (Å²) in [5.41, 5.74) is 0.733. The van der Waals surface area contributed by atoms with Gasteiger partial charge in [0, 0.05) is 18.3 Å².